The van der Waals surface area contributed by atoms with Crippen LogP contribution in [0, 0.1) is 28.6 Å². The number of aromatic nitrogens is 2. The molecule has 2 bridgehead atoms. The lowest BCUT2D eigenvalue weighted by molar-refractivity contribution is -0.154. The van der Waals surface area contributed by atoms with E-state index in [2.05, 4.69) is 11.3 Å². The van der Waals surface area contributed by atoms with Gasteiger partial charge in [-0.05, 0) is 87.3 Å². The summed E-state index contributed by atoms with van der Waals surface area (Å²) < 4.78 is 40.5. The monoisotopic (exact) mass is 824 g/mol. The summed E-state index contributed by atoms with van der Waals surface area (Å²) in [4.78, 5) is 68.3. The molecule has 3 saturated carbocycles. The highest BCUT2D eigenvalue weighted by Gasteiger charge is 2.62. The fourth-order valence-corrected chi connectivity index (χ4v) is 10.6. The second-order valence-electron chi connectivity index (χ2n) is 19.0. The van der Waals surface area contributed by atoms with E-state index in [1.54, 1.807) is 19.2 Å². The van der Waals surface area contributed by atoms with Crippen molar-refractivity contribution >= 4 is 44.5 Å². The van der Waals surface area contributed by atoms with E-state index in [1.165, 1.54) is 4.90 Å². The third-order valence-electron chi connectivity index (χ3n) is 13.6. The van der Waals surface area contributed by atoms with E-state index in [0.717, 1.165) is 59.8 Å². The van der Waals surface area contributed by atoms with Crippen LogP contribution in [0.4, 0.5) is 0 Å². The summed E-state index contributed by atoms with van der Waals surface area (Å²) in [5.74, 6) is -2.39. The Morgan fingerprint density at radius 1 is 1.03 bits per heavy atom. The van der Waals surface area contributed by atoms with E-state index in [4.69, 9.17) is 19.4 Å². The number of benzene rings is 1. The maximum absolute atomic E-state index is 14.9. The van der Waals surface area contributed by atoms with E-state index >= 15 is 0 Å². The molecule has 2 amide bonds. The third-order valence-corrected chi connectivity index (χ3v) is 15.8. The van der Waals surface area contributed by atoms with Gasteiger partial charge in [-0.15, -0.1) is 6.58 Å². The predicted octanol–water partition coefficient (Wildman–Crippen LogP) is 6.90. The van der Waals surface area contributed by atoms with Crippen molar-refractivity contribution in [3.05, 3.63) is 66.9 Å². The van der Waals surface area contributed by atoms with Crippen LogP contribution in [0.3, 0.4) is 0 Å². The van der Waals surface area contributed by atoms with Gasteiger partial charge in [-0.1, -0.05) is 64.0 Å². The van der Waals surface area contributed by atoms with Gasteiger partial charge in [-0.3, -0.25) is 28.9 Å². The molecule has 4 fully saturated rings. The number of hydrogen-bond donors (Lipinski definition) is 1. The highest BCUT2D eigenvalue weighted by atomic mass is 32.2. The Hall–Kier alpha value is -4.65. The topological polar surface area (TPSA) is 162 Å². The summed E-state index contributed by atoms with van der Waals surface area (Å²) in [7, 11) is -3.96. The van der Waals surface area contributed by atoms with Gasteiger partial charge in [0.15, 0.2) is 5.78 Å². The third kappa shape index (κ3) is 8.15. The van der Waals surface area contributed by atoms with Gasteiger partial charge >= 0.3 is 5.97 Å². The van der Waals surface area contributed by atoms with Crippen LogP contribution < -0.4 is 9.46 Å². The SMILES string of the molecule is C=C[C@@H]1CC1(CC(=O)[C@@H]1C[C@@H]2CN1C(=O)[C@H](C(C)(C)C)CC(=O)O[C@@H]1C[C@H]1CCCCCc1c(nc3ccccc3c1-c1ccccn1)O2)C(=O)NS(=O)(=O)C1(C)CC1. The molecule has 0 radical (unpaired) electrons. The molecule has 59 heavy (non-hydrogen) atoms. The van der Waals surface area contributed by atoms with E-state index in [-0.39, 0.29) is 50.0 Å². The summed E-state index contributed by atoms with van der Waals surface area (Å²) in [5, 5.41) is 0.949. The molecular weight excluding hydrogens is 769 g/mol. The number of sulfonamides is 1. The number of esters is 1. The lowest BCUT2D eigenvalue weighted by Gasteiger charge is -2.34. The number of carbonyl (C=O) groups is 4. The van der Waals surface area contributed by atoms with Gasteiger partial charge in [-0.25, -0.2) is 13.4 Å². The molecule has 5 aliphatic rings. The Morgan fingerprint density at radius 2 is 1.80 bits per heavy atom. The quantitative estimate of drug-likeness (QED) is 0.187. The smallest absolute Gasteiger partial charge is 0.306 e. The van der Waals surface area contributed by atoms with Crippen molar-refractivity contribution in [2.45, 2.75) is 128 Å². The van der Waals surface area contributed by atoms with Crippen molar-refractivity contribution in [2.75, 3.05) is 6.54 Å². The van der Waals surface area contributed by atoms with Gasteiger partial charge < -0.3 is 14.4 Å². The Balaban J connectivity index is 1.17. The molecule has 3 aliphatic carbocycles. The summed E-state index contributed by atoms with van der Waals surface area (Å²) >= 11 is 0. The zero-order valence-corrected chi connectivity index (χ0v) is 35.4. The Bertz CT molecular complexity index is 2290. The van der Waals surface area contributed by atoms with Crippen molar-refractivity contribution in [3.63, 3.8) is 0 Å². The highest BCUT2D eigenvalue weighted by molar-refractivity contribution is 7.91. The first-order valence-corrected chi connectivity index (χ1v) is 22.7. The normalized spacial score (nSPS) is 29.5. The molecular formula is C46H56N4O8S. The van der Waals surface area contributed by atoms with Gasteiger partial charge in [0.1, 0.15) is 12.2 Å². The summed E-state index contributed by atoms with van der Waals surface area (Å²) in [5.41, 5.74) is 1.39. The van der Waals surface area contributed by atoms with Gasteiger partial charge in [-0.2, -0.15) is 0 Å². The zero-order chi connectivity index (χ0) is 41.9. The minimum absolute atomic E-state index is 0.0469. The second kappa shape index (κ2) is 15.4. The van der Waals surface area contributed by atoms with Gasteiger partial charge in [0, 0.05) is 35.6 Å². The molecule has 2 aliphatic heterocycles. The van der Waals surface area contributed by atoms with Gasteiger partial charge in [0.2, 0.25) is 27.7 Å². The molecule has 3 aromatic rings. The second-order valence-corrected chi connectivity index (χ2v) is 21.2. The molecule has 0 spiro atoms. The van der Waals surface area contributed by atoms with Crippen molar-refractivity contribution < 1.29 is 37.1 Å². The molecule has 8 rings (SSSR count). The lowest BCUT2D eigenvalue weighted by Crippen LogP contribution is -2.49. The Labute approximate surface area is 347 Å². The number of hydrogen-bond acceptors (Lipinski definition) is 10. The van der Waals surface area contributed by atoms with Crippen molar-refractivity contribution in [1.29, 1.82) is 0 Å². The molecule has 1 saturated heterocycles. The number of ketones is 1. The number of carbonyl (C=O) groups excluding carboxylic acids is 4. The number of pyridine rings is 2. The molecule has 1 N–H and O–H groups in total. The fraction of sp³-hybridized carbons (Fsp3) is 0.565. The molecule has 1 unspecified atom stereocenters. The van der Waals surface area contributed by atoms with Crippen molar-refractivity contribution in [3.8, 4) is 17.1 Å². The molecule has 12 nitrogen and oxygen atoms in total. The lowest BCUT2D eigenvalue weighted by atomic mass is 9.77. The van der Waals surface area contributed by atoms with Crippen LogP contribution in [-0.2, 0) is 40.4 Å². The van der Waals surface area contributed by atoms with Crippen LogP contribution in [0.2, 0.25) is 0 Å². The van der Waals surface area contributed by atoms with Crippen molar-refractivity contribution in [1.82, 2.24) is 19.6 Å². The van der Waals surface area contributed by atoms with E-state index in [9.17, 15) is 27.6 Å². The number of Topliss-reactive ketones (excluding diaryl/α,β-unsaturated/α-hetero) is 1. The minimum Gasteiger partial charge on any atom is -0.472 e. The van der Waals surface area contributed by atoms with Crippen LogP contribution in [0.1, 0.15) is 104 Å². The fourth-order valence-electron chi connectivity index (χ4n) is 9.26. The van der Waals surface area contributed by atoms with Crippen LogP contribution >= 0.6 is 0 Å². The largest absolute Gasteiger partial charge is 0.472 e. The number of rotatable bonds is 8. The van der Waals surface area contributed by atoms with E-state index in [0.29, 0.717) is 31.1 Å². The van der Waals surface area contributed by atoms with Crippen LogP contribution in [0.15, 0.2) is 61.3 Å². The average Bonchev–Trinajstić information content (AvgIpc) is 4.15. The Morgan fingerprint density at radius 3 is 2.49 bits per heavy atom. The molecule has 4 heterocycles. The molecule has 1 aromatic carbocycles. The Kier molecular flexibility index (Phi) is 10.7. The van der Waals surface area contributed by atoms with Crippen LogP contribution in [0.25, 0.3) is 22.2 Å². The van der Waals surface area contributed by atoms with E-state index < -0.39 is 61.5 Å². The molecule has 314 valence electrons. The first-order valence-electron chi connectivity index (χ1n) is 21.3. The summed E-state index contributed by atoms with van der Waals surface area (Å²) in [6, 6.07) is 12.7. The van der Waals surface area contributed by atoms with Gasteiger partial charge in [0.05, 0.1) is 46.3 Å². The molecule has 13 heteroatoms. The number of fused-ring (bicyclic) bond motifs is 5. The van der Waals surface area contributed by atoms with E-state index in [1.807, 2.05) is 63.2 Å². The molecule has 7 atom stereocenters. The minimum atomic E-state index is -3.96. The first-order chi connectivity index (χ1) is 28.0. The number of amides is 2. The van der Waals surface area contributed by atoms with Gasteiger partial charge in [0.25, 0.3) is 0 Å². The summed E-state index contributed by atoms with van der Waals surface area (Å²) in [6.07, 6.45) is 8.63. The average molecular weight is 825 g/mol. The molecule has 2 aromatic heterocycles. The van der Waals surface area contributed by atoms with Crippen molar-refractivity contribution in [2.24, 2.45) is 28.6 Å². The zero-order valence-electron chi connectivity index (χ0n) is 34.6. The maximum atomic E-state index is 14.9. The maximum Gasteiger partial charge on any atom is 0.306 e. The number of ether oxygens (including phenoxy) is 2. The number of para-hydroxylation sites is 1. The first kappa shape index (κ1) is 41.1. The predicted molar refractivity (Wildman–Crippen MR) is 222 cm³/mol. The number of allylic oxidation sites excluding steroid dienone is 1. The van der Waals surface area contributed by atoms with Crippen LogP contribution in [0.5, 0.6) is 5.88 Å². The summed E-state index contributed by atoms with van der Waals surface area (Å²) in [6.45, 7) is 11.2. The van der Waals surface area contributed by atoms with Crippen LogP contribution in [-0.4, -0.2) is 76.4 Å². The highest BCUT2D eigenvalue weighted by Crippen LogP contribution is 2.57. The standard InChI is InChI=1S/C46H56N4O8S/c1-6-29-25-46(29,43(54)49-59(55,56)45(5)19-20-45)26-37(51)36-23-30-27-50(36)42(53)33(44(2,3)4)24-39(52)58-38-22-28(38)14-8-7-9-16-32-40(35-18-12-13-21-47-35)31-15-10-11-17-34(31)48-41(32)57-30/h6,10-13,15,17-18,21,28-30,33,36,38H,1,7-9,14,16,19-20,22-27H2,2-5H3,(H,49,54)/t28-,29-,30-,33-,36+,38-,46?/m1/s1. The number of nitrogens with zero attached hydrogens (tertiary/aromatic N) is 3. The number of nitrogens with one attached hydrogen (secondary N) is 1.